The van der Waals surface area contributed by atoms with E-state index >= 15 is 0 Å². The number of benzene rings is 1. The zero-order valence-electron chi connectivity index (χ0n) is 16.3. The van der Waals surface area contributed by atoms with Crippen LogP contribution in [-0.4, -0.2) is 40.4 Å². The predicted octanol–water partition coefficient (Wildman–Crippen LogP) is 2.13. The normalized spacial score (nSPS) is 25.4. The first-order valence-electron chi connectivity index (χ1n) is 10.4. The van der Waals surface area contributed by atoms with Crippen LogP contribution in [0.1, 0.15) is 37.3 Å². The molecule has 1 aromatic carbocycles. The van der Waals surface area contributed by atoms with E-state index < -0.39 is 0 Å². The average Bonchev–Trinajstić information content (AvgIpc) is 3.13. The molecule has 3 aliphatic rings. The molecule has 0 saturated carbocycles. The number of aromatic nitrogens is 1. The Morgan fingerprint density at radius 2 is 1.86 bits per heavy atom. The lowest BCUT2D eigenvalue weighted by atomic mass is 9.82. The van der Waals surface area contributed by atoms with E-state index in [4.69, 9.17) is 0 Å². The Hall–Kier alpha value is -2.89. The summed E-state index contributed by atoms with van der Waals surface area (Å²) in [4.78, 5) is 39.0. The van der Waals surface area contributed by atoms with Crippen LogP contribution in [0.3, 0.4) is 0 Å². The van der Waals surface area contributed by atoms with Crippen molar-refractivity contribution in [2.75, 3.05) is 13.1 Å². The summed E-state index contributed by atoms with van der Waals surface area (Å²) in [6.45, 7) is 2.01. The van der Waals surface area contributed by atoms with E-state index in [1.807, 2.05) is 39.8 Å². The quantitative estimate of drug-likeness (QED) is 0.871. The Labute approximate surface area is 169 Å². The van der Waals surface area contributed by atoms with E-state index in [-0.39, 0.29) is 29.3 Å². The Balaban J connectivity index is 1.39. The molecule has 29 heavy (non-hydrogen) atoms. The van der Waals surface area contributed by atoms with Crippen molar-refractivity contribution in [1.29, 1.82) is 0 Å². The van der Waals surface area contributed by atoms with E-state index in [0.717, 1.165) is 29.7 Å². The lowest BCUT2D eigenvalue weighted by molar-refractivity contribution is -0.134. The number of piperidine rings is 1. The maximum atomic E-state index is 12.9. The van der Waals surface area contributed by atoms with Gasteiger partial charge in [0.15, 0.2) is 0 Å². The zero-order chi connectivity index (χ0) is 20.0. The minimum Gasteiger partial charge on any atom is -0.353 e. The van der Waals surface area contributed by atoms with Crippen LogP contribution in [0.2, 0.25) is 0 Å². The Morgan fingerprint density at radius 1 is 1.03 bits per heavy atom. The molecule has 2 fully saturated rings. The summed E-state index contributed by atoms with van der Waals surface area (Å²) in [6.07, 6.45) is 2.65. The van der Waals surface area contributed by atoms with E-state index in [2.05, 4.69) is 11.4 Å². The Bertz CT molecular complexity index is 1010. The SMILES string of the molecule is O=C1CC[C@@H](CC(=O)N2C[C@@H]3C[C@H](C2)c2cc(-c4ccccc4)cc(=O)n2C3)N1. The van der Waals surface area contributed by atoms with Crippen LogP contribution >= 0.6 is 0 Å². The number of rotatable bonds is 3. The molecule has 5 rings (SSSR count). The van der Waals surface area contributed by atoms with Crippen molar-refractivity contribution in [2.24, 2.45) is 5.92 Å². The van der Waals surface area contributed by atoms with Gasteiger partial charge in [-0.25, -0.2) is 0 Å². The summed E-state index contributed by atoms with van der Waals surface area (Å²) in [5.41, 5.74) is 3.07. The molecule has 2 saturated heterocycles. The highest BCUT2D eigenvalue weighted by molar-refractivity contribution is 5.82. The standard InChI is InChI=1S/C23H25N3O3/c27-21-7-6-19(24-21)11-22(28)25-12-15-8-18(14-25)20-9-17(10-23(29)26(20)13-15)16-4-2-1-3-5-16/h1-5,9-10,15,18-19H,6-8,11-14H2,(H,24,27)/t15-,18+,19-/m0/s1. The van der Waals surface area contributed by atoms with Gasteiger partial charge in [-0.3, -0.25) is 14.4 Å². The number of likely N-dealkylation sites (tertiary alicyclic amines) is 1. The molecule has 2 amide bonds. The molecule has 3 atom stereocenters. The van der Waals surface area contributed by atoms with Crippen molar-refractivity contribution < 1.29 is 9.59 Å². The monoisotopic (exact) mass is 391 g/mol. The Kier molecular flexibility index (Phi) is 4.49. The molecule has 0 aliphatic carbocycles. The minimum absolute atomic E-state index is 0.0312. The third-order valence-corrected chi connectivity index (χ3v) is 6.52. The van der Waals surface area contributed by atoms with Gasteiger partial charge in [0.25, 0.3) is 5.56 Å². The van der Waals surface area contributed by atoms with Crippen molar-refractivity contribution in [3.05, 3.63) is 58.5 Å². The molecule has 1 N–H and O–H groups in total. The molecule has 0 unspecified atom stereocenters. The van der Waals surface area contributed by atoms with Crippen LogP contribution in [0.5, 0.6) is 0 Å². The van der Waals surface area contributed by atoms with Gasteiger partial charge in [0.1, 0.15) is 0 Å². The summed E-state index contributed by atoms with van der Waals surface area (Å²) in [7, 11) is 0. The second kappa shape index (κ2) is 7.17. The molecule has 0 radical (unpaired) electrons. The summed E-state index contributed by atoms with van der Waals surface area (Å²) < 4.78 is 1.91. The summed E-state index contributed by atoms with van der Waals surface area (Å²) >= 11 is 0. The number of carbonyl (C=O) groups is 2. The number of hydrogen-bond donors (Lipinski definition) is 1. The molecule has 2 bridgehead atoms. The maximum Gasteiger partial charge on any atom is 0.251 e. The maximum absolute atomic E-state index is 12.9. The third-order valence-electron chi connectivity index (χ3n) is 6.52. The molecule has 0 spiro atoms. The number of carbonyl (C=O) groups excluding carboxylic acids is 2. The summed E-state index contributed by atoms with van der Waals surface area (Å²) in [6, 6.07) is 13.8. The first kappa shape index (κ1) is 18.2. The van der Waals surface area contributed by atoms with Gasteiger partial charge in [0.2, 0.25) is 11.8 Å². The molecule has 3 aliphatic heterocycles. The van der Waals surface area contributed by atoms with Crippen LogP contribution in [0.25, 0.3) is 11.1 Å². The van der Waals surface area contributed by atoms with E-state index in [9.17, 15) is 14.4 Å². The van der Waals surface area contributed by atoms with Gasteiger partial charge in [0, 0.05) is 56.2 Å². The molecule has 2 aromatic rings. The highest BCUT2D eigenvalue weighted by Crippen LogP contribution is 2.37. The smallest absolute Gasteiger partial charge is 0.251 e. The Morgan fingerprint density at radius 3 is 2.62 bits per heavy atom. The minimum atomic E-state index is -0.0312. The second-order valence-electron chi connectivity index (χ2n) is 8.59. The number of pyridine rings is 1. The van der Waals surface area contributed by atoms with Crippen molar-refractivity contribution in [2.45, 2.75) is 44.2 Å². The van der Waals surface area contributed by atoms with Crippen LogP contribution < -0.4 is 10.9 Å². The number of fused-ring (bicyclic) bond motifs is 4. The molecule has 6 heteroatoms. The topological polar surface area (TPSA) is 71.4 Å². The highest BCUT2D eigenvalue weighted by atomic mass is 16.2. The van der Waals surface area contributed by atoms with Crippen LogP contribution in [0.15, 0.2) is 47.3 Å². The molecule has 1 aromatic heterocycles. The van der Waals surface area contributed by atoms with Gasteiger partial charge in [-0.15, -0.1) is 0 Å². The van der Waals surface area contributed by atoms with Crippen LogP contribution in [-0.2, 0) is 16.1 Å². The first-order valence-corrected chi connectivity index (χ1v) is 10.4. The summed E-state index contributed by atoms with van der Waals surface area (Å²) in [5, 5.41) is 2.89. The van der Waals surface area contributed by atoms with Crippen molar-refractivity contribution in [1.82, 2.24) is 14.8 Å². The first-order chi connectivity index (χ1) is 14.1. The van der Waals surface area contributed by atoms with Gasteiger partial charge in [-0.1, -0.05) is 30.3 Å². The fourth-order valence-electron chi connectivity index (χ4n) is 5.13. The van der Waals surface area contributed by atoms with E-state index in [0.29, 0.717) is 38.4 Å². The highest BCUT2D eigenvalue weighted by Gasteiger charge is 2.37. The fraction of sp³-hybridized carbons (Fsp3) is 0.435. The number of hydrogen-bond acceptors (Lipinski definition) is 3. The molecule has 6 nitrogen and oxygen atoms in total. The molecule has 150 valence electrons. The lowest BCUT2D eigenvalue weighted by Crippen LogP contribution is -2.50. The van der Waals surface area contributed by atoms with Crippen LogP contribution in [0.4, 0.5) is 0 Å². The molecular formula is C23H25N3O3. The zero-order valence-corrected chi connectivity index (χ0v) is 16.3. The largest absolute Gasteiger partial charge is 0.353 e. The van der Waals surface area contributed by atoms with Gasteiger partial charge in [-0.2, -0.15) is 0 Å². The van der Waals surface area contributed by atoms with Gasteiger partial charge >= 0.3 is 0 Å². The summed E-state index contributed by atoms with van der Waals surface area (Å²) in [5.74, 6) is 0.645. The van der Waals surface area contributed by atoms with Gasteiger partial charge in [-0.05, 0) is 36.0 Å². The molecule has 4 heterocycles. The number of nitrogens with zero attached hydrogens (tertiary/aromatic N) is 2. The van der Waals surface area contributed by atoms with Gasteiger partial charge in [0.05, 0.1) is 0 Å². The van der Waals surface area contributed by atoms with E-state index in [1.165, 1.54) is 0 Å². The second-order valence-corrected chi connectivity index (χ2v) is 8.59. The number of nitrogens with one attached hydrogen (secondary N) is 1. The van der Waals surface area contributed by atoms with Crippen molar-refractivity contribution >= 4 is 11.8 Å². The predicted molar refractivity (Wildman–Crippen MR) is 109 cm³/mol. The molecular weight excluding hydrogens is 366 g/mol. The third kappa shape index (κ3) is 3.48. The van der Waals surface area contributed by atoms with E-state index in [1.54, 1.807) is 6.07 Å². The average molecular weight is 391 g/mol. The number of amides is 2. The van der Waals surface area contributed by atoms with Crippen molar-refractivity contribution in [3.8, 4) is 11.1 Å². The van der Waals surface area contributed by atoms with Gasteiger partial charge < -0.3 is 14.8 Å². The van der Waals surface area contributed by atoms with Crippen LogP contribution in [0, 0.1) is 5.92 Å². The lowest BCUT2D eigenvalue weighted by Gasteiger charge is -2.43. The fourth-order valence-corrected chi connectivity index (χ4v) is 5.13. The van der Waals surface area contributed by atoms with Crippen molar-refractivity contribution in [3.63, 3.8) is 0 Å².